The van der Waals surface area contributed by atoms with Gasteiger partial charge in [0.25, 0.3) is 0 Å². The van der Waals surface area contributed by atoms with E-state index in [0.29, 0.717) is 5.41 Å². The maximum atomic E-state index is 2.33. The van der Waals surface area contributed by atoms with Gasteiger partial charge in [-0.15, -0.1) is 0 Å². The molecule has 0 nitrogen and oxygen atoms in total. The molecule has 0 aromatic carbocycles. The van der Waals surface area contributed by atoms with Gasteiger partial charge in [0.05, 0.1) is 0 Å². The summed E-state index contributed by atoms with van der Waals surface area (Å²) >= 11 is 0. The fraction of sp³-hybridized carbons (Fsp3) is 0.583. The Morgan fingerprint density at radius 1 is 1.17 bits per heavy atom. The van der Waals surface area contributed by atoms with Crippen LogP contribution < -0.4 is 0 Å². The minimum atomic E-state index is 0.338. The average molecular weight is 161 g/mol. The normalized spacial score (nSPS) is 27.2. The Hall–Kier alpha value is -0.520. The molecule has 0 saturated carbocycles. The van der Waals surface area contributed by atoms with Crippen molar-refractivity contribution in [2.75, 3.05) is 0 Å². The largest absolute Gasteiger partial charge is 0.0796 e. The van der Waals surface area contributed by atoms with Gasteiger partial charge in [-0.2, -0.15) is 0 Å². The number of hydrogen-bond acceptors (Lipinski definition) is 0. The zero-order chi connectivity index (χ0) is 8.60. The predicted octanol–water partition coefficient (Wildman–Crippen LogP) is 3.66. The highest BCUT2D eigenvalue weighted by atomic mass is 14.3. The van der Waals surface area contributed by atoms with Crippen molar-refractivity contribution >= 4 is 0 Å². The van der Waals surface area contributed by atoms with Crippen molar-refractivity contribution in [1.82, 2.24) is 0 Å². The molecule has 0 aliphatic heterocycles. The van der Waals surface area contributed by atoms with E-state index < -0.39 is 0 Å². The Kier molecular flexibility index (Phi) is 1.86. The van der Waals surface area contributed by atoms with Crippen LogP contribution in [0, 0.1) is 11.8 Å². The predicted molar refractivity (Wildman–Crippen MR) is 52.7 cm³/mol. The van der Waals surface area contributed by atoms with Gasteiger partial charge in [-0.05, 0) is 25.7 Å². The van der Waals surface area contributed by atoms with Crippen LogP contribution in [0.15, 0.2) is 23.3 Å². The molecule has 2 rings (SSSR count). The highest BCUT2D eigenvalue weighted by Gasteiger charge is 2.27. The van der Waals surface area contributed by atoms with Gasteiger partial charge < -0.3 is 0 Å². The van der Waals surface area contributed by atoms with Crippen molar-refractivity contribution in [3.8, 4) is 0 Å². The first kappa shape index (κ1) is 8.10. The van der Waals surface area contributed by atoms with Crippen LogP contribution in [0.1, 0.15) is 39.5 Å². The molecular weight excluding hydrogens is 144 g/mol. The Labute approximate surface area is 75.4 Å². The molecule has 0 spiro atoms. The Balaban J connectivity index is 2.33. The third kappa shape index (κ3) is 1.24. The molecular formula is C12H17. The van der Waals surface area contributed by atoms with Gasteiger partial charge in [-0.3, -0.25) is 0 Å². The maximum Gasteiger partial charge on any atom is 0.00804 e. The molecule has 2 aliphatic rings. The van der Waals surface area contributed by atoms with Crippen LogP contribution in [0.3, 0.4) is 0 Å². The lowest BCUT2D eigenvalue weighted by atomic mass is 9.71. The van der Waals surface area contributed by atoms with E-state index in [2.05, 4.69) is 32.4 Å². The van der Waals surface area contributed by atoms with Crippen LogP contribution in [0.5, 0.6) is 0 Å². The molecule has 1 radical (unpaired) electrons. The highest BCUT2D eigenvalue weighted by molar-refractivity contribution is 5.39. The van der Waals surface area contributed by atoms with Gasteiger partial charge in [0, 0.05) is 11.8 Å². The van der Waals surface area contributed by atoms with Crippen LogP contribution in [0.2, 0.25) is 0 Å². The lowest BCUT2D eigenvalue weighted by molar-refractivity contribution is 0.499. The van der Waals surface area contributed by atoms with Gasteiger partial charge in [0.15, 0.2) is 0 Å². The SMILES string of the molecule is CC1(C)C=C[CH]C2=C1CCCC2. The van der Waals surface area contributed by atoms with Crippen LogP contribution in [0.4, 0.5) is 0 Å². The standard InChI is InChI=1S/C12H17/c1-12(2)9-5-7-10-6-3-4-8-11(10)12/h5,7,9H,3-4,6,8H2,1-2H3. The third-order valence-corrected chi connectivity index (χ3v) is 3.10. The first-order valence-corrected chi connectivity index (χ1v) is 4.95. The van der Waals surface area contributed by atoms with Crippen LogP contribution in [-0.2, 0) is 0 Å². The van der Waals surface area contributed by atoms with Crippen LogP contribution >= 0.6 is 0 Å². The van der Waals surface area contributed by atoms with Crippen molar-refractivity contribution in [2.45, 2.75) is 39.5 Å². The molecule has 65 valence electrons. The molecule has 0 bridgehead atoms. The zero-order valence-electron chi connectivity index (χ0n) is 8.06. The van der Waals surface area contributed by atoms with E-state index >= 15 is 0 Å². The van der Waals surface area contributed by atoms with E-state index in [9.17, 15) is 0 Å². The third-order valence-electron chi connectivity index (χ3n) is 3.10. The molecule has 2 aliphatic carbocycles. The smallest absolute Gasteiger partial charge is 0.00804 e. The zero-order valence-corrected chi connectivity index (χ0v) is 8.06. The highest BCUT2D eigenvalue weighted by Crippen LogP contribution is 2.42. The van der Waals surface area contributed by atoms with Gasteiger partial charge in [0.2, 0.25) is 0 Å². The molecule has 0 heteroatoms. The lowest BCUT2D eigenvalue weighted by Crippen LogP contribution is -2.19. The molecule has 0 atom stereocenters. The molecule has 0 fully saturated rings. The lowest BCUT2D eigenvalue weighted by Gasteiger charge is -2.34. The fourth-order valence-electron chi connectivity index (χ4n) is 2.35. The number of hydrogen-bond donors (Lipinski definition) is 0. The minimum Gasteiger partial charge on any atom is -0.0796 e. The van der Waals surface area contributed by atoms with E-state index in [1.807, 2.05) is 0 Å². The van der Waals surface area contributed by atoms with Crippen molar-refractivity contribution in [3.63, 3.8) is 0 Å². The second kappa shape index (κ2) is 2.76. The summed E-state index contributed by atoms with van der Waals surface area (Å²) in [6.07, 6.45) is 12.3. The average Bonchev–Trinajstić information content (AvgIpc) is 2.04. The summed E-state index contributed by atoms with van der Waals surface area (Å²) in [4.78, 5) is 0. The minimum absolute atomic E-state index is 0.338. The van der Waals surface area contributed by atoms with E-state index in [-0.39, 0.29) is 0 Å². The summed E-state index contributed by atoms with van der Waals surface area (Å²) in [6, 6.07) is 0. The van der Waals surface area contributed by atoms with Gasteiger partial charge in [0.1, 0.15) is 0 Å². The molecule has 12 heavy (non-hydrogen) atoms. The molecule has 0 N–H and O–H groups in total. The quantitative estimate of drug-likeness (QED) is 0.508. The van der Waals surface area contributed by atoms with E-state index in [1.54, 1.807) is 11.1 Å². The number of allylic oxidation sites excluding steroid dienone is 4. The van der Waals surface area contributed by atoms with Crippen molar-refractivity contribution < 1.29 is 0 Å². The monoisotopic (exact) mass is 161 g/mol. The molecule has 0 aromatic heterocycles. The van der Waals surface area contributed by atoms with Gasteiger partial charge >= 0.3 is 0 Å². The molecule has 0 heterocycles. The Bertz CT molecular complexity index is 241. The number of rotatable bonds is 0. The summed E-state index contributed by atoms with van der Waals surface area (Å²) in [5, 5.41) is 0. The van der Waals surface area contributed by atoms with Crippen LogP contribution in [-0.4, -0.2) is 0 Å². The van der Waals surface area contributed by atoms with E-state index in [1.165, 1.54) is 25.7 Å². The van der Waals surface area contributed by atoms with Crippen molar-refractivity contribution in [1.29, 1.82) is 0 Å². The summed E-state index contributed by atoms with van der Waals surface area (Å²) in [6.45, 7) is 4.66. The van der Waals surface area contributed by atoms with Crippen LogP contribution in [0.25, 0.3) is 0 Å². The maximum absolute atomic E-state index is 2.33. The van der Waals surface area contributed by atoms with E-state index in [4.69, 9.17) is 0 Å². The molecule has 0 unspecified atom stereocenters. The second-order valence-corrected chi connectivity index (χ2v) is 4.46. The summed E-state index contributed by atoms with van der Waals surface area (Å²) in [5.41, 5.74) is 3.65. The fourth-order valence-corrected chi connectivity index (χ4v) is 2.35. The van der Waals surface area contributed by atoms with Crippen molar-refractivity contribution in [3.05, 3.63) is 29.7 Å². The molecule has 0 aromatic rings. The topological polar surface area (TPSA) is 0 Å². The summed E-state index contributed by atoms with van der Waals surface area (Å²) in [7, 11) is 0. The first-order valence-electron chi connectivity index (χ1n) is 4.95. The summed E-state index contributed by atoms with van der Waals surface area (Å²) in [5.74, 6) is 0. The molecule has 0 amide bonds. The van der Waals surface area contributed by atoms with Gasteiger partial charge in [-0.25, -0.2) is 0 Å². The van der Waals surface area contributed by atoms with Crippen molar-refractivity contribution in [2.24, 2.45) is 5.41 Å². The molecule has 0 saturated heterocycles. The summed E-state index contributed by atoms with van der Waals surface area (Å²) < 4.78 is 0. The Morgan fingerprint density at radius 2 is 1.92 bits per heavy atom. The Morgan fingerprint density at radius 3 is 2.67 bits per heavy atom. The second-order valence-electron chi connectivity index (χ2n) is 4.46. The van der Waals surface area contributed by atoms with Gasteiger partial charge in [-0.1, -0.05) is 37.1 Å². The van der Waals surface area contributed by atoms with E-state index in [0.717, 1.165) is 0 Å². The first-order chi connectivity index (χ1) is 5.70.